The van der Waals surface area contributed by atoms with Gasteiger partial charge in [0.25, 0.3) is 0 Å². The Morgan fingerprint density at radius 2 is 2.10 bits per heavy atom. The van der Waals surface area contributed by atoms with Crippen LogP contribution in [0, 0.1) is 18.8 Å². The molecule has 1 fully saturated rings. The van der Waals surface area contributed by atoms with E-state index in [9.17, 15) is 0 Å². The van der Waals surface area contributed by atoms with Gasteiger partial charge in [-0.2, -0.15) is 0 Å². The summed E-state index contributed by atoms with van der Waals surface area (Å²) in [5, 5.41) is 3.29. The van der Waals surface area contributed by atoms with E-state index in [-0.39, 0.29) is 0 Å². The van der Waals surface area contributed by atoms with E-state index in [2.05, 4.69) is 41.0 Å². The highest BCUT2D eigenvalue weighted by molar-refractivity contribution is 5.35. The van der Waals surface area contributed by atoms with Gasteiger partial charge in [-0.1, -0.05) is 13.8 Å². The van der Waals surface area contributed by atoms with Gasteiger partial charge in [-0.15, -0.1) is 0 Å². The second kappa shape index (κ2) is 7.74. The van der Waals surface area contributed by atoms with Crippen molar-refractivity contribution < 1.29 is 0 Å². The van der Waals surface area contributed by atoms with E-state index in [1.807, 2.05) is 13.0 Å². The molecule has 0 saturated carbocycles. The van der Waals surface area contributed by atoms with Crippen molar-refractivity contribution in [3.05, 3.63) is 17.6 Å². The van der Waals surface area contributed by atoms with Gasteiger partial charge < -0.3 is 5.32 Å². The third-order valence-corrected chi connectivity index (χ3v) is 4.43. The lowest BCUT2D eigenvalue weighted by atomic mass is 9.89. The van der Waals surface area contributed by atoms with Crippen LogP contribution in [0.3, 0.4) is 0 Å². The zero-order chi connectivity index (χ0) is 15.2. The van der Waals surface area contributed by atoms with Gasteiger partial charge in [0, 0.05) is 18.3 Å². The molecule has 118 valence electrons. The number of nitrogens with one attached hydrogen (secondary N) is 1. The summed E-state index contributed by atoms with van der Waals surface area (Å²) in [5.41, 5.74) is 1.05. The highest BCUT2D eigenvalue weighted by Crippen LogP contribution is 2.25. The molecule has 0 spiro atoms. The minimum Gasteiger partial charge on any atom is -0.370 e. The van der Waals surface area contributed by atoms with Crippen LogP contribution in [0.1, 0.15) is 51.6 Å². The lowest BCUT2D eigenvalue weighted by molar-refractivity contribution is 0.259. The SMILES string of the molecule is CCNc1cc(C)nc(CN2CCCC(C(C)C)CC2)n1. The molecule has 0 aliphatic carbocycles. The lowest BCUT2D eigenvalue weighted by Crippen LogP contribution is -2.26. The third kappa shape index (κ3) is 4.95. The first-order valence-electron chi connectivity index (χ1n) is 8.39. The summed E-state index contributed by atoms with van der Waals surface area (Å²) in [6, 6.07) is 2.02. The van der Waals surface area contributed by atoms with Crippen molar-refractivity contribution >= 4 is 5.82 Å². The Bertz CT molecular complexity index is 444. The first-order valence-corrected chi connectivity index (χ1v) is 8.39. The molecule has 1 aromatic rings. The van der Waals surface area contributed by atoms with E-state index < -0.39 is 0 Å². The van der Waals surface area contributed by atoms with Crippen LogP contribution >= 0.6 is 0 Å². The minimum atomic E-state index is 0.806. The number of hydrogen-bond donors (Lipinski definition) is 1. The molecule has 0 radical (unpaired) electrons. The molecular weight excluding hydrogens is 260 g/mol. The highest BCUT2D eigenvalue weighted by atomic mass is 15.2. The first-order chi connectivity index (χ1) is 10.1. The van der Waals surface area contributed by atoms with Crippen molar-refractivity contribution in [3.8, 4) is 0 Å². The molecule has 4 nitrogen and oxygen atoms in total. The van der Waals surface area contributed by atoms with Crippen molar-refractivity contribution in [2.24, 2.45) is 11.8 Å². The number of anilines is 1. The molecule has 1 aliphatic heterocycles. The maximum Gasteiger partial charge on any atom is 0.144 e. The molecule has 0 bridgehead atoms. The Labute approximate surface area is 129 Å². The Morgan fingerprint density at radius 3 is 2.81 bits per heavy atom. The predicted molar refractivity (Wildman–Crippen MR) is 88.4 cm³/mol. The maximum atomic E-state index is 4.64. The first kappa shape index (κ1) is 16.2. The molecule has 2 rings (SSSR count). The number of hydrogen-bond acceptors (Lipinski definition) is 4. The Morgan fingerprint density at radius 1 is 1.29 bits per heavy atom. The largest absolute Gasteiger partial charge is 0.370 e. The van der Waals surface area contributed by atoms with Crippen molar-refractivity contribution in [1.82, 2.24) is 14.9 Å². The Kier molecular flexibility index (Phi) is 5.97. The van der Waals surface area contributed by atoms with Crippen LogP contribution in [0.4, 0.5) is 5.82 Å². The average Bonchev–Trinajstić information content (AvgIpc) is 2.64. The Hall–Kier alpha value is -1.16. The molecule has 4 heteroatoms. The molecule has 1 saturated heterocycles. The summed E-state index contributed by atoms with van der Waals surface area (Å²) >= 11 is 0. The molecule has 0 amide bonds. The quantitative estimate of drug-likeness (QED) is 0.901. The molecule has 1 aromatic heterocycles. The summed E-state index contributed by atoms with van der Waals surface area (Å²) in [4.78, 5) is 11.8. The fraction of sp³-hybridized carbons (Fsp3) is 0.765. The molecule has 1 unspecified atom stereocenters. The van der Waals surface area contributed by atoms with Gasteiger partial charge >= 0.3 is 0 Å². The van der Waals surface area contributed by atoms with E-state index in [4.69, 9.17) is 0 Å². The fourth-order valence-corrected chi connectivity index (χ4v) is 3.18. The van der Waals surface area contributed by atoms with Crippen molar-refractivity contribution in [3.63, 3.8) is 0 Å². The van der Waals surface area contributed by atoms with Crippen LogP contribution in [0.15, 0.2) is 6.07 Å². The van der Waals surface area contributed by atoms with Gasteiger partial charge in [0.1, 0.15) is 11.6 Å². The molecule has 0 aromatic carbocycles. The van der Waals surface area contributed by atoms with Crippen LogP contribution in [0.25, 0.3) is 0 Å². The molecule has 1 aliphatic rings. The third-order valence-electron chi connectivity index (χ3n) is 4.43. The maximum absolute atomic E-state index is 4.64. The normalized spacial score (nSPS) is 20.5. The van der Waals surface area contributed by atoms with Gasteiger partial charge in [-0.3, -0.25) is 4.90 Å². The molecule has 1 atom stereocenters. The summed E-state index contributed by atoms with van der Waals surface area (Å²) in [7, 11) is 0. The number of nitrogens with zero attached hydrogens (tertiary/aromatic N) is 3. The topological polar surface area (TPSA) is 41.1 Å². The van der Waals surface area contributed by atoms with E-state index in [1.165, 1.54) is 32.4 Å². The van der Waals surface area contributed by atoms with Gasteiger partial charge in [0.05, 0.1) is 6.54 Å². The number of rotatable bonds is 5. The number of aromatic nitrogens is 2. The van der Waals surface area contributed by atoms with Crippen LogP contribution in [-0.4, -0.2) is 34.5 Å². The van der Waals surface area contributed by atoms with Crippen molar-refractivity contribution in [1.29, 1.82) is 0 Å². The van der Waals surface area contributed by atoms with Gasteiger partial charge in [0.2, 0.25) is 0 Å². The average molecular weight is 290 g/mol. The minimum absolute atomic E-state index is 0.806. The van der Waals surface area contributed by atoms with E-state index in [0.717, 1.165) is 42.3 Å². The van der Waals surface area contributed by atoms with Crippen molar-refractivity contribution in [2.45, 2.75) is 53.5 Å². The van der Waals surface area contributed by atoms with E-state index in [0.29, 0.717) is 0 Å². The van der Waals surface area contributed by atoms with Gasteiger partial charge in [0.15, 0.2) is 0 Å². The van der Waals surface area contributed by atoms with E-state index in [1.54, 1.807) is 0 Å². The van der Waals surface area contributed by atoms with Gasteiger partial charge in [-0.25, -0.2) is 9.97 Å². The van der Waals surface area contributed by atoms with Gasteiger partial charge in [-0.05, 0) is 58.0 Å². The smallest absolute Gasteiger partial charge is 0.144 e. The van der Waals surface area contributed by atoms with Crippen LogP contribution in [0.5, 0.6) is 0 Å². The lowest BCUT2D eigenvalue weighted by Gasteiger charge is -2.21. The zero-order valence-electron chi connectivity index (χ0n) is 14.0. The standard InChI is InChI=1S/C17H30N4/c1-5-18-16-11-14(4)19-17(20-16)12-21-9-6-7-15(8-10-21)13(2)3/h11,13,15H,5-10,12H2,1-4H3,(H,18,19,20). The highest BCUT2D eigenvalue weighted by Gasteiger charge is 2.20. The zero-order valence-corrected chi connectivity index (χ0v) is 14.0. The van der Waals surface area contributed by atoms with Crippen molar-refractivity contribution in [2.75, 3.05) is 25.0 Å². The number of likely N-dealkylation sites (tertiary alicyclic amines) is 1. The summed E-state index contributed by atoms with van der Waals surface area (Å²) in [5.74, 6) is 3.59. The predicted octanol–water partition coefficient (Wildman–Crippen LogP) is 3.47. The summed E-state index contributed by atoms with van der Waals surface area (Å²) in [6.07, 6.45) is 3.98. The monoisotopic (exact) mass is 290 g/mol. The van der Waals surface area contributed by atoms with Crippen LogP contribution < -0.4 is 5.32 Å². The second-order valence-electron chi connectivity index (χ2n) is 6.55. The second-order valence-corrected chi connectivity index (χ2v) is 6.55. The molecular formula is C17H30N4. The van der Waals surface area contributed by atoms with Crippen LogP contribution in [0.2, 0.25) is 0 Å². The number of aryl methyl sites for hydroxylation is 1. The fourth-order valence-electron chi connectivity index (χ4n) is 3.18. The summed E-state index contributed by atoms with van der Waals surface area (Å²) in [6.45, 7) is 13.0. The summed E-state index contributed by atoms with van der Waals surface area (Å²) < 4.78 is 0. The molecule has 2 heterocycles. The van der Waals surface area contributed by atoms with E-state index >= 15 is 0 Å². The molecule has 21 heavy (non-hydrogen) atoms. The Balaban J connectivity index is 1.98. The van der Waals surface area contributed by atoms with Crippen LogP contribution in [-0.2, 0) is 6.54 Å². The molecule has 1 N–H and O–H groups in total.